The molecular formula is C14H17BrN2O4. The molecule has 0 aliphatic carbocycles. The molecular weight excluding hydrogens is 340 g/mol. The SMILES string of the molecule is O=C(O)CCCCC(=O)NC(=O)NCc1cccc(Br)c1. The van der Waals surface area contributed by atoms with E-state index in [-0.39, 0.29) is 12.8 Å². The standard InChI is InChI=1S/C14H17BrN2O4/c15-11-5-3-4-10(8-11)9-16-14(21)17-12(18)6-1-2-7-13(19)20/h3-5,8H,1-2,6-7,9H2,(H,19,20)(H2,16,17,18,21). The van der Waals surface area contributed by atoms with E-state index in [1.807, 2.05) is 24.3 Å². The van der Waals surface area contributed by atoms with Gasteiger partial charge in [0.25, 0.3) is 0 Å². The fourth-order valence-corrected chi connectivity index (χ4v) is 2.07. The highest BCUT2D eigenvalue weighted by Crippen LogP contribution is 2.11. The van der Waals surface area contributed by atoms with Crippen LogP contribution in [0.3, 0.4) is 0 Å². The molecule has 0 atom stereocenters. The molecule has 0 saturated heterocycles. The molecule has 7 heteroatoms. The van der Waals surface area contributed by atoms with Crippen LogP contribution in [0.1, 0.15) is 31.2 Å². The number of amides is 3. The molecule has 114 valence electrons. The lowest BCUT2D eigenvalue weighted by Gasteiger charge is -2.07. The summed E-state index contributed by atoms with van der Waals surface area (Å²) in [6, 6.07) is 6.90. The number of halogens is 1. The number of benzene rings is 1. The zero-order chi connectivity index (χ0) is 15.7. The number of carboxylic acids is 1. The second-order valence-corrected chi connectivity index (χ2v) is 5.38. The Morgan fingerprint density at radius 1 is 1.14 bits per heavy atom. The summed E-state index contributed by atoms with van der Waals surface area (Å²) in [5, 5.41) is 13.2. The van der Waals surface area contributed by atoms with E-state index in [4.69, 9.17) is 5.11 Å². The second kappa shape index (κ2) is 9.12. The monoisotopic (exact) mass is 356 g/mol. The first-order valence-electron chi connectivity index (χ1n) is 6.51. The molecule has 0 heterocycles. The van der Waals surface area contributed by atoms with Crippen molar-refractivity contribution >= 4 is 33.8 Å². The van der Waals surface area contributed by atoms with Crippen molar-refractivity contribution in [2.24, 2.45) is 0 Å². The Labute approximate surface area is 131 Å². The van der Waals surface area contributed by atoms with Crippen molar-refractivity contribution < 1.29 is 19.5 Å². The highest BCUT2D eigenvalue weighted by Gasteiger charge is 2.07. The van der Waals surface area contributed by atoms with Crippen LogP contribution in [-0.4, -0.2) is 23.0 Å². The maximum absolute atomic E-state index is 11.5. The zero-order valence-electron chi connectivity index (χ0n) is 11.4. The van der Waals surface area contributed by atoms with Crippen LogP contribution in [0.4, 0.5) is 4.79 Å². The van der Waals surface area contributed by atoms with Crippen molar-refractivity contribution in [2.45, 2.75) is 32.2 Å². The normalized spacial score (nSPS) is 9.95. The Morgan fingerprint density at radius 3 is 2.52 bits per heavy atom. The van der Waals surface area contributed by atoms with Crippen LogP contribution in [0.15, 0.2) is 28.7 Å². The van der Waals surface area contributed by atoms with Crippen LogP contribution >= 0.6 is 15.9 Å². The van der Waals surface area contributed by atoms with E-state index in [0.29, 0.717) is 19.4 Å². The fraction of sp³-hybridized carbons (Fsp3) is 0.357. The van der Waals surface area contributed by atoms with Gasteiger partial charge in [-0.3, -0.25) is 14.9 Å². The number of hydrogen-bond donors (Lipinski definition) is 3. The van der Waals surface area contributed by atoms with E-state index in [2.05, 4.69) is 26.6 Å². The summed E-state index contributed by atoms with van der Waals surface area (Å²) in [6.45, 7) is 0.317. The molecule has 3 N–H and O–H groups in total. The van der Waals surface area contributed by atoms with E-state index in [0.717, 1.165) is 10.0 Å². The molecule has 21 heavy (non-hydrogen) atoms. The van der Waals surface area contributed by atoms with Gasteiger partial charge in [0.2, 0.25) is 5.91 Å². The van der Waals surface area contributed by atoms with Crippen LogP contribution < -0.4 is 10.6 Å². The van der Waals surface area contributed by atoms with Crippen molar-refractivity contribution in [1.82, 2.24) is 10.6 Å². The topological polar surface area (TPSA) is 95.5 Å². The Hall–Kier alpha value is -1.89. The van der Waals surface area contributed by atoms with Crippen molar-refractivity contribution in [1.29, 1.82) is 0 Å². The van der Waals surface area contributed by atoms with Crippen molar-refractivity contribution in [3.8, 4) is 0 Å². The van der Waals surface area contributed by atoms with Gasteiger partial charge in [-0.05, 0) is 30.5 Å². The third kappa shape index (κ3) is 8.09. The zero-order valence-corrected chi connectivity index (χ0v) is 13.0. The molecule has 0 aliphatic rings. The quantitative estimate of drug-likeness (QED) is 0.653. The number of nitrogens with one attached hydrogen (secondary N) is 2. The first kappa shape index (κ1) is 17.2. The number of carbonyl (C=O) groups excluding carboxylic acids is 2. The van der Waals surface area contributed by atoms with E-state index in [1.165, 1.54) is 0 Å². The van der Waals surface area contributed by atoms with Crippen molar-refractivity contribution in [3.05, 3.63) is 34.3 Å². The summed E-state index contributed by atoms with van der Waals surface area (Å²) < 4.78 is 0.914. The predicted molar refractivity (Wildman–Crippen MR) is 80.6 cm³/mol. The Kier molecular flexibility index (Phi) is 7.45. The molecule has 1 aromatic carbocycles. The molecule has 0 saturated carbocycles. The van der Waals surface area contributed by atoms with E-state index < -0.39 is 17.9 Å². The number of unbranched alkanes of at least 4 members (excludes halogenated alkanes) is 1. The highest BCUT2D eigenvalue weighted by atomic mass is 79.9. The minimum absolute atomic E-state index is 0.0301. The molecule has 0 radical (unpaired) electrons. The van der Waals surface area contributed by atoms with Gasteiger partial charge in [0.05, 0.1) is 0 Å². The van der Waals surface area contributed by atoms with E-state index in [9.17, 15) is 14.4 Å². The summed E-state index contributed by atoms with van der Waals surface area (Å²) >= 11 is 3.33. The number of aliphatic carboxylic acids is 1. The summed E-state index contributed by atoms with van der Waals surface area (Å²) in [7, 11) is 0. The van der Waals surface area contributed by atoms with E-state index >= 15 is 0 Å². The van der Waals surface area contributed by atoms with Gasteiger partial charge in [-0.1, -0.05) is 28.1 Å². The minimum Gasteiger partial charge on any atom is -0.481 e. The first-order valence-corrected chi connectivity index (χ1v) is 7.30. The summed E-state index contributed by atoms with van der Waals surface area (Å²) in [4.78, 5) is 33.2. The molecule has 0 spiro atoms. The second-order valence-electron chi connectivity index (χ2n) is 4.46. The molecule has 0 unspecified atom stereocenters. The van der Waals surface area contributed by atoms with Gasteiger partial charge in [-0.2, -0.15) is 0 Å². The summed E-state index contributed by atoms with van der Waals surface area (Å²) in [5.41, 5.74) is 0.911. The third-order valence-electron chi connectivity index (χ3n) is 2.64. The smallest absolute Gasteiger partial charge is 0.321 e. The lowest BCUT2D eigenvalue weighted by molar-refractivity contribution is -0.137. The molecule has 1 aromatic rings. The predicted octanol–water partition coefficient (Wildman–Crippen LogP) is 2.42. The van der Waals surface area contributed by atoms with E-state index in [1.54, 1.807) is 0 Å². The number of carbonyl (C=O) groups is 3. The molecule has 3 amide bonds. The molecule has 0 aliphatic heterocycles. The molecule has 0 bridgehead atoms. The number of rotatable bonds is 7. The molecule has 1 rings (SSSR count). The number of imide groups is 1. The van der Waals surface area contributed by atoms with Gasteiger partial charge in [0, 0.05) is 23.9 Å². The summed E-state index contributed by atoms with van der Waals surface area (Å²) in [5.74, 6) is -1.30. The Morgan fingerprint density at radius 2 is 1.86 bits per heavy atom. The lowest BCUT2D eigenvalue weighted by Crippen LogP contribution is -2.38. The maximum atomic E-state index is 11.5. The van der Waals surface area contributed by atoms with Crippen LogP contribution in [0.25, 0.3) is 0 Å². The average Bonchev–Trinajstić information content (AvgIpc) is 2.41. The minimum atomic E-state index is -0.887. The van der Waals surface area contributed by atoms with Crippen molar-refractivity contribution in [3.63, 3.8) is 0 Å². The van der Waals surface area contributed by atoms with Crippen LogP contribution in [0, 0.1) is 0 Å². The lowest BCUT2D eigenvalue weighted by atomic mass is 10.2. The maximum Gasteiger partial charge on any atom is 0.321 e. The van der Waals surface area contributed by atoms with Crippen LogP contribution in [0.2, 0.25) is 0 Å². The van der Waals surface area contributed by atoms with Crippen LogP contribution in [0.5, 0.6) is 0 Å². The number of carboxylic acid groups (broad SMARTS) is 1. The Balaban J connectivity index is 2.21. The van der Waals surface area contributed by atoms with Gasteiger partial charge in [-0.15, -0.1) is 0 Å². The largest absolute Gasteiger partial charge is 0.481 e. The highest BCUT2D eigenvalue weighted by molar-refractivity contribution is 9.10. The summed E-state index contributed by atoms with van der Waals surface area (Å²) in [6.07, 6.45) is 1.03. The third-order valence-corrected chi connectivity index (χ3v) is 3.13. The number of hydrogen-bond acceptors (Lipinski definition) is 3. The average molecular weight is 357 g/mol. The van der Waals surface area contributed by atoms with Gasteiger partial charge in [0.15, 0.2) is 0 Å². The fourth-order valence-electron chi connectivity index (χ4n) is 1.62. The van der Waals surface area contributed by atoms with Gasteiger partial charge < -0.3 is 10.4 Å². The first-order chi connectivity index (χ1) is 9.97. The molecule has 0 fully saturated rings. The van der Waals surface area contributed by atoms with Gasteiger partial charge >= 0.3 is 12.0 Å². The molecule has 0 aromatic heterocycles. The van der Waals surface area contributed by atoms with Gasteiger partial charge in [0.1, 0.15) is 0 Å². The van der Waals surface area contributed by atoms with Crippen LogP contribution in [-0.2, 0) is 16.1 Å². The number of urea groups is 1. The van der Waals surface area contributed by atoms with Crippen molar-refractivity contribution in [2.75, 3.05) is 0 Å². The van der Waals surface area contributed by atoms with Gasteiger partial charge in [-0.25, -0.2) is 4.79 Å². The Bertz CT molecular complexity index is 519. The molecule has 6 nitrogen and oxygen atoms in total.